The van der Waals surface area contributed by atoms with Crippen molar-refractivity contribution < 1.29 is 27.9 Å². The van der Waals surface area contributed by atoms with Crippen molar-refractivity contribution >= 4 is 13.7 Å². The van der Waals surface area contributed by atoms with Crippen molar-refractivity contribution in [3.05, 3.63) is 122 Å². The van der Waals surface area contributed by atoms with Gasteiger partial charge in [0, 0.05) is 0 Å². The number of esters is 1. The molecule has 0 fully saturated rings. The molecule has 0 bridgehead atoms. The van der Waals surface area contributed by atoms with Gasteiger partial charge < -0.3 is 18.5 Å². The lowest BCUT2D eigenvalue weighted by Gasteiger charge is -2.37. The molecule has 0 amide bonds. The summed E-state index contributed by atoms with van der Waals surface area (Å²) in [5.41, 5.74) is 0.880. The number of hydrogen-bond acceptors (Lipinski definition) is 6. The van der Waals surface area contributed by atoms with E-state index in [-0.39, 0.29) is 24.5 Å². The van der Waals surface area contributed by atoms with Crippen LogP contribution in [0.4, 0.5) is 0 Å². The van der Waals surface area contributed by atoms with Crippen LogP contribution in [0.5, 0.6) is 11.5 Å². The minimum absolute atomic E-state index is 0.0893. The molecule has 0 aliphatic heterocycles. The maximum Gasteiger partial charge on any atom is 0.518 e. The van der Waals surface area contributed by atoms with Gasteiger partial charge in [-0.25, -0.2) is 4.57 Å². The van der Waals surface area contributed by atoms with Crippen LogP contribution in [0.25, 0.3) is 0 Å². The summed E-state index contributed by atoms with van der Waals surface area (Å²) in [7, 11) is -3.08. The molecule has 0 aromatic heterocycles. The summed E-state index contributed by atoms with van der Waals surface area (Å²) in [4.78, 5) is 13.0. The summed E-state index contributed by atoms with van der Waals surface area (Å²) >= 11 is 0. The van der Waals surface area contributed by atoms with Crippen molar-refractivity contribution in [1.82, 2.24) is 4.67 Å². The lowest BCUT2D eigenvalue weighted by Crippen LogP contribution is -2.47. The molecule has 3 rings (SSSR count). The van der Waals surface area contributed by atoms with Crippen LogP contribution in [0.15, 0.2) is 116 Å². The highest BCUT2D eigenvalue weighted by Crippen LogP contribution is 2.55. The summed E-state index contributed by atoms with van der Waals surface area (Å²) in [6.45, 7) is 7.79. The summed E-state index contributed by atoms with van der Waals surface area (Å²) < 4.78 is 39.2. The summed E-state index contributed by atoms with van der Waals surface area (Å²) in [6.07, 6.45) is 2.01. The fraction of sp³-hybridized carbons (Fsp3) is 0.179. The van der Waals surface area contributed by atoms with Gasteiger partial charge in [0.1, 0.15) is 23.8 Å². The Hall–Kier alpha value is -3.64. The average Bonchev–Trinajstić information content (AvgIpc) is 2.91. The Balaban J connectivity index is 2.10. The second kappa shape index (κ2) is 13.4. The zero-order valence-electron chi connectivity index (χ0n) is 20.1. The van der Waals surface area contributed by atoms with Crippen LogP contribution in [0.2, 0.25) is 0 Å². The van der Waals surface area contributed by atoms with E-state index in [1.165, 1.54) is 23.9 Å². The van der Waals surface area contributed by atoms with Crippen molar-refractivity contribution in [3.63, 3.8) is 0 Å². The number of carbonyl (C=O) groups is 1. The van der Waals surface area contributed by atoms with Gasteiger partial charge in [-0.3, -0.25) is 4.79 Å². The summed E-state index contributed by atoms with van der Waals surface area (Å²) in [5, 5.41) is 0. The van der Waals surface area contributed by atoms with Gasteiger partial charge in [-0.05, 0) is 42.3 Å². The molecule has 3 aromatic rings. The first-order valence-electron chi connectivity index (χ1n) is 11.4. The highest BCUT2D eigenvalue weighted by molar-refractivity contribution is 7.52. The highest BCUT2D eigenvalue weighted by atomic mass is 31.2. The number of para-hydroxylation sites is 2. The van der Waals surface area contributed by atoms with Gasteiger partial charge in [-0.2, -0.15) is 0 Å². The fourth-order valence-corrected chi connectivity index (χ4v) is 5.42. The Morgan fingerprint density at radius 2 is 1.39 bits per heavy atom. The van der Waals surface area contributed by atoms with Crippen molar-refractivity contribution in [2.75, 3.05) is 7.11 Å². The van der Waals surface area contributed by atoms with Crippen LogP contribution in [-0.2, 0) is 25.4 Å². The van der Waals surface area contributed by atoms with E-state index in [4.69, 9.17) is 18.5 Å². The number of carbonyl (C=O) groups excluding carboxylic acids is 1. The van der Waals surface area contributed by atoms with E-state index in [0.29, 0.717) is 0 Å². The molecule has 188 valence electrons. The largest absolute Gasteiger partial charge is 0.518 e. The molecule has 36 heavy (non-hydrogen) atoms. The smallest absolute Gasteiger partial charge is 0.468 e. The number of benzene rings is 3. The van der Waals surface area contributed by atoms with Crippen LogP contribution >= 0.6 is 7.75 Å². The predicted molar refractivity (Wildman–Crippen MR) is 139 cm³/mol. The molecule has 0 N–H and O–H groups in total. The first-order chi connectivity index (χ1) is 17.5. The number of ether oxygens (including phenoxy) is 2. The van der Waals surface area contributed by atoms with Crippen LogP contribution in [-0.4, -0.2) is 30.0 Å². The Kier molecular flexibility index (Phi) is 10.1. The first kappa shape index (κ1) is 27.0. The third-order valence-electron chi connectivity index (χ3n) is 5.12. The van der Waals surface area contributed by atoms with Gasteiger partial charge in [-0.15, -0.1) is 11.2 Å². The SMILES string of the molecule is C=CCC(C(=O)OC)N(C(C=C)OCc1ccccc1)P(=O)(Oc1ccccc1)Oc1ccccc1. The molecule has 0 saturated carbocycles. The van der Waals surface area contributed by atoms with E-state index in [1.54, 1.807) is 60.7 Å². The zero-order chi connectivity index (χ0) is 25.8. The second-order valence-corrected chi connectivity index (χ2v) is 9.41. The van der Waals surface area contributed by atoms with Crippen molar-refractivity contribution in [3.8, 4) is 11.5 Å². The van der Waals surface area contributed by atoms with Gasteiger partial charge >= 0.3 is 13.7 Å². The maximum absolute atomic E-state index is 14.7. The standard InChI is InChI=1S/C28H30NO6P/c1-4-15-26(28(30)32-3)29(27(5-2)33-22-23-16-9-6-10-17-23)36(31,34-24-18-11-7-12-19-24)35-25-20-13-8-14-21-25/h4-14,16-21,26-27H,1-2,15,22H2,3H3. The Morgan fingerprint density at radius 1 is 0.889 bits per heavy atom. The average molecular weight is 508 g/mol. The minimum Gasteiger partial charge on any atom is -0.468 e. The third kappa shape index (κ3) is 7.18. The third-order valence-corrected chi connectivity index (χ3v) is 7.07. The number of nitrogens with zero attached hydrogens (tertiary/aromatic N) is 1. The van der Waals surface area contributed by atoms with Crippen LogP contribution in [0.3, 0.4) is 0 Å². The van der Waals surface area contributed by atoms with Crippen LogP contribution in [0.1, 0.15) is 12.0 Å². The van der Waals surface area contributed by atoms with Gasteiger partial charge in [0.25, 0.3) is 0 Å². The summed E-state index contributed by atoms with van der Waals surface area (Å²) in [5.74, 6) is -0.0803. The van der Waals surface area contributed by atoms with E-state index in [9.17, 15) is 9.36 Å². The summed E-state index contributed by atoms with van der Waals surface area (Å²) in [6, 6.07) is 25.5. The van der Waals surface area contributed by atoms with E-state index in [0.717, 1.165) is 5.56 Å². The molecule has 3 aromatic carbocycles. The molecule has 0 heterocycles. The number of methoxy groups -OCH3 is 1. The maximum atomic E-state index is 14.7. The fourth-order valence-electron chi connectivity index (χ4n) is 3.44. The molecular weight excluding hydrogens is 477 g/mol. The molecule has 0 saturated heterocycles. The van der Waals surface area contributed by atoms with E-state index >= 15 is 0 Å². The van der Waals surface area contributed by atoms with Gasteiger partial charge in [0.05, 0.1) is 13.7 Å². The zero-order valence-corrected chi connectivity index (χ0v) is 21.0. The molecule has 0 aliphatic rings. The lowest BCUT2D eigenvalue weighted by molar-refractivity contribution is -0.149. The minimum atomic E-state index is -4.33. The van der Waals surface area contributed by atoms with Crippen LogP contribution < -0.4 is 9.05 Å². The molecule has 0 aliphatic carbocycles. The highest BCUT2D eigenvalue weighted by Gasteiger charge is 2.48. The lowest BCUT2D eigenvalue weighted by atomic mass is 10.2. The van der Waals surface area contributed by atoms with Gasteiger partial charge in [0.15, 0.2) is 0 Å². The van der Waals surface area contributed by atoms with Gasteiger partial charge in [-0.1, -0.05) is 79.4 Å². The Morgan fingerprint density at radius 3 is 1.83 bits per heavy atom. The normalized spacial score (nSPS) is 12.8. The molecule has 8 heteroatoms. The monoisotopic (exact) mass is 507 g/mol. The molecular formula is C28H30NO6P. The van der Waals surface area contributed by atoms with Crippen molar-refractivity contribution in [2.45, 2.75) is 25.3 Å². The molecule has 2 atom stereocenters. The van der Waals surface area contributed by atoms with E-state index < -0.39 is 26.0 Å². The molecule has 0 radical (unpaired) electrons. The predicted octanol–water partition coefficient (Wildman–Crippen LogP) is 6.40. The van der Waals surface area contributed by atoms with E-state index in [1.807, 2.05) is 30.3 Å². The second-order valence-electron chi connectivity index (χ2n) is 7.64. The number of hydrogen-bond donors (Lipinski definition) is 0. The van der Waals surface area contributed by atoms with Crippen LogP contribution in [0, 0.1) is 0 Å². The Bertz CT molecular complexity index is 1110. The Labute approximate surface area is 212 Å². The van der Waals surface area contributed by atoms with Crippen molar-refractivity contribution in [1.29, 1.82) is 0 Å². The molecule has 7 nitrogen and oxygen atoms in total. The van der Waals surface area contributed by atoms with Crippen molar-refractivity contribution in [2.24, 2.45) is 0 Å². The quantitative estimate of drug-likeness (QED) is 0.108. The number of rotatable bonds is 14. The van der Waals surface area contributed by atoms with E-state index in [2.05, 4.69) is 13.2 Å². The van der Waals surface area contributed by atoms with Gasteiger partial charge in [0.2, 0.25) is 0 Å². The first-order valence-corrected chi connectivity index (χ1v) is 12.8. The molecule has 2 unspecified atom stereocenters. The topological polar surface area (TPSA) is 74.3 Å². The molecule has 0 spiro atoms.